The molecule has 0 saturated heterocycles. The second kappa shape index (κ2) is 6.60. The fraction of sp³-hybridized carbons (Fsp3) is 0.176. The first kappa shape index (κ1) is 16.4. The number of carbonyl (C=O) groups excluding carboxylic acids is 1. The lowest BCUT2D eigenvalue weighted by Crippen LogP contribution is -2.07. The molecule has 2 heterocycles. The molecule has 0 bridgehead atoms. The highest BCUT2D eigenvalue weighted by Crippen LogP contribution is 2.27. The largest absolute Gasteiger partial charge is 0.494 e. The van der Waals surface area contributed by atoms with Crippen molar-refractivity contribution in [2.75, 3.05) is 13.7 Å². The first-order valence-electron chi connectivity index (χ1n) is 7.22. The third-order valence-electron chi connectivity index (χ3n) is 3.46. The third kappa shape index (κ3) is 2.99. The Kier molecular flexibility index (Phi) is 4.53. The molecule has 0 fully saturated rings. The fourth-order valence-electron chi connectivity index (χ4n) is 2.39. The first-order valence-corrected chi connectivity index (χ1v) is 8.02. The summed E-state index contributed by atoms with van der Waals surface area (Å²) in [6.07, 6.45) is 3.50. The van der Waals surface area contributed by atoms with E-state index in [0.717, 1.165) is 0 Å². The van der Waals surface area contributed by atoms with Gasteiger partial charge in [-0.1, -0.05) is 0 Å². The molecular formula is C17H14BrFN2O3. The maximum atomic E-state index is 13.9. The summed E-state index contributed by atoms with van der Waals surface area (Å²) in [5.41, 5.74) is 1.91. The van der Waals surface area contributed by atoms with Crippen LogP contribution in [0.3, 0.4) is 0 Å². The van der Waals surface area contributed by atoms with Crippen molar-refractivity contribution in [2.24, 2.45) is 0 Å². The van der Waals surface area contributed by atoms with Gasteiger partial charge in [0.05, 0.1) is 19.4 Å². The molecular weight excluding hydrogens is 379 g/mol. The molecule has 0 atom stereocenters. The summed E-state index contributed by atoms with van der Waals surface area (Å²) in [6.45, 7) is 2.01. The van der Waals surface area contributed by atoms with Gasteiger partial charge >= 0.3 is 5.97 Å². The van der Waals surface area contributed by atoms with E-state index in [1.807, 2.05) is 0 Å². The van der Waals surface area contributed by atoms with Crippen LogP contribution in [0.15, 0.2) is 41.1 Å². The van der Waals surface area contributed by atoms with Crippen LogP contribution < -0.4 is 4.74 Å². The molecule has 0 spiro atoms. The summed E-state index contributed by atoms with van der Waals surface area (Å²) in [5.74, 6) is -0.766. The van der Waals surface area contributed by atoms with Crippen molar-refractivity contribution < 1.29 is 18.7 Å². The summed E-state index contributed by atoms with van der Waals surface area (Å²) < 4.78 is 26.3. The number of benzene rings is 1. The molecule has 124 valence electrons. The number of halogens is 2. The van der Waals surface area contributed by atoms with Gasteiger partial charge in [-0.2, -0.15) is 0 Å². The van der Waals surface area contributed by atoms with E-state index in [0.29, 0.717) is 26.9 Å². The number of pyridine rings is 1. The molecule has 0 amide bonds. The number of nitrogens with zero attached hydrogens (tertiary/aromatic N) is 2. The van der Waals surface area contributed by atoms with Crippen LogP contribution in [0.2, 0.25) is 0 Å². The van der Waals surface area contributed by atoms with Gasteiger partial charge in [0.25, 0.3) is 0 Å². The van der Waals surface area contributed by atoms with Gasteiger partial charge in [0, 0.05) is 22.4 Å². The Morgan fingerprint density at radius 3 is 2.79 bits per heavy atom. The van der Waals surface area contributed by atoms with Gasteiger partial charge in [0.15, 0.2) is 17.2 Å². The van der Waals surface area contributed by atoms with Crippen LogP contribution >= 0.6 is 15.9 Å². The smallest absolute Gasteiger partial charge is 0.341 e. The first-order chi connectivity index (χ1) is 11.5. The average molecular weight is 393 g/mol. The number of aromatic nitrogens is 2. The SMILES string of the molecule is CCOC(=O)c1cc(Br)cn2cc(-c3ccc(OC)c(F)c3)nc12. The van der Waals surface area contributed by atoms with Crippen molar-refractivity contribution in [1.82, 2.24) is 9.38 Å². The van der Waals surface area contributed by atoms with Crippen LogP contribution in [0.25, 0.3) is 16.9 Å². The average Bonchev–Trinajstić information content (AvgIpc) is 2.97. The van der Waals surface area contributed by atoms with Crippen LogP contribution in [-0.2, 0) is 4.74 Å². The summed E-state index contributed by atoms with van der Waals surface area (Å²) in [7, 11) is 1.41. The molecule has 0 radical (unpaired) electrons. The molecule has 0 saturated carbocycles. The Bertz CT molecular complexity index is 924. The number of hydrogen-bond donors (Lipinski definition) is 0. The normalized spacial score (nSPS) is 10.8. The van der Waals surface area contributed by atoms with Crippen molar-refractivity contribution >= 4 is 27.5 Å². The van der Waals surface area contributed by atoms with Gasteiger partial charge in [-0.25, -0.2) is 14.2 Å². The minimum atomic E-state index is -0.473. The molecule has 0 aliphatic carbocycles. The van der Waals surface area contributed by atoms with E-state index in [1.54, 1.807) is 35.9 Å². The number of hydrogen-bond acceptors (Lipinski definition) is 4. The highest BCUT2D eigenvalue weighted by atomic mass is 79.9. The van der Waals surface area contributed by atoms with Gasteiger partial charge < -0.3 is 13.9 Å². The monoisotopic (exact) mass is 392 g/mol. The maximum Gasteiger partial charge on any atom is 0.341 e. The minimum absolute atomic E-state index is 0.164. The van der Waals surface area contributed by atoms with Crippen LogP contribution in [0.5, 0.6) is 5.75 Å². The van der Waals surface area contributed by atoms with Crippen LogP contribution in [0.1, 0.15) is 17.3 Å². The topological polar surface area (TPSA) is 52.8 Å². The van der Waals surface area contributed by atoms with Crippen molar-refractivity contribution in [2.45, 2.75) is 6.92 Å². The van der Waals surface area contributed by atoms with Crippen LogP contribution in [-0.4, -0.2) is 29.1 Å². The van der Waals surface area contributed by atoms with E-state index in [9.17, 15) is 9.18 Å². The predicted molar refractivity (Wildman–Crippen MR) is 90.8 cm³/mol. The number of ether oxygens (including phenoxy) is 2. The van der Waals surface area contributed by atoms with Crippen molar-refractivity contribution in [3.05, 3.63) is 52.5 Å². The van der Waals surface area contributed by atoms with E-state index in [1.165, 1.54) is 19.2 Å². The Labute approximate surface area is 146 Å². The summed E-state index contributed by atoms with van der Waals surface area (Å²) in [4.78, 5) is 16.6. The van der Waals surface area contributed by atoms with Crippen LogP contribution in [0, 0.1) is 5.82 Å². The predicted octanol–water partition coefficient (Wildman–Crippen LogP) is 4.09. The van der Waals surface area contributed by atoms with Gasteiger partial charge in [-0.05, 0) is 47.1 Å². The molecule has 5 nitrogen and oxygen atoms in total. The Morgan fingerprint density at radius 1 is 1.33 bits per heavy atom. The van der Waals surface area contributed by atoms with Gasteiger partial charge in [0.1, 0.15) is 5.56 Å². The van der Waals surface area contributed by atoms with E-state index in [-0.39, 0.29) is 12.4 Å². The maximum absolute atomic E-state index is 13.9. The third-order valence-corrected chi connectivity index (χ3v) is 3.89. The van der Waals surface area contributed by atoms with Crippen molar-refractivity contribution in [3.63, 3.8) is 0 Å². The Balaban J connectivity index is 2.13. The molecule has 2 aromatic heterocycles. The highest BCUT2D eigenvalue weighted by Gasteiger charge is 2.17. The molecule has 24 heavy (non-hydrogen) atoms. The fourth-order valence-corrected chi connectivity index (χ4v) is 2.84. The molecule has 3 aromatic rings. The number of methoxy groups -OCH3 is 1. The summed E-state index contributed by atoms with van der Waals surface area (Å²) in [6, 6.07) is 6.25. The van der Waals surface area contributed by atoms with E-state index in [2.05, 4.69) is 20.9 Å². The molecule has 1 aromatic carbocycles. The zero-order chi connectivity index (χ0) is 17.3. The van der Waals surface area contributed by atoms with E-state index in [4.69, 9.17) is 9.47 Å². The quantitative estimate of drug-likeness (QED) is 0.627. The second-order valence-electron chi connectivity index (χ2n) is 5.00. The minimum Gasteiger partial charge on any atom is -0.494 e. The lowest BCUT2D eigenvalue weighted by molar-refractivity contribution is 0.0528. The standard InChI is InChI=1S/C17H14BrFN2O3/c1-3-24-17(22)12-7-11(18)8-21-9-14(20-16(12)21)10-4-5-15(23-2)13(19)6-10/h4-9H,3H2,1-2H3. The highest BCUT2D eigenvalue weighted by molar-refractivity contribution is 9.10. The number of fused-ring (bicyclic) bond motifs is 1. The van der Waals surface area contributed by atoms with Crippen LogP contribution in [0.4, 0.5) is 4.39 Å². The molecule has 0 aliphatic rings. The second-order valence-corrected chi connectivity index (χ2v) is 5.91. The number of imidazole rings is 1. The zero-order valence-corrected chi connectivity index (χ0v) is 14.6. The van der Waals surface area contributed by atoms with E-state index < -0.39 is 11.8 Å². The summed E-state index contributed by atoms with van der Waals surface area (Å²) >= 11 is 3.37. The molecule has 3 rings (SSSR count). The summed E-state index contributed by atoms with van der Waals surface area (Å²) in [5, 5.41) is 0. The zero-order valence-electron chi connectivity index (χ0n) is 13.0. The lowest BCUT2D eigenvalue weighted by atomic mass is 10.1. The van der Waals surface area contributed by atoms with Crippen molar-refractivity contribution in [1.29, 1.82) is 0 Å². The number of rotatable bonds is 4. The Hall–Kier alpha value is -2.41. The van der Waals surface area contributed by atoms with Crippen molar-refractivity contribution in [3.8, 4) is 17.0 Å². The van der Waals surface area contributed by atoms with Gasteiger partial charge in [0.2, 0.25) is 0 Å². The lowest BCUT2D eigenvalue weighted by Gasteiger charge is -2.04. The molecule has 0 aliphatic heterocycles. The Morgan fingerprint density at radius 2 is 2.12 bits per heavy atom. The molecule has 0 N–H and O–H groups in total. The van der Waals surface area contributed by atoms with Gasteiger partial charge in [-0.3, -0.25) is 0 Å². The number of esters is 1. The van der Waals surface area contributed by atoms with Gasteiger partial charge in [-0.15, -0.1) is 0 Å². The molecule has 7 heteroatoms. The molecule has 0 unspecified atom stereocenters. The number of carbonyl (C=O) groups is 1. The van der Waals surface area contributed by atoms with E-state index >= 15 is 0 Å².